The van der Waals surface area contributed by atoms with Gasteiger partial charge in [-0.2, -0.15) is 5.10 Å². The summed E-state index contributed by atoms with van der Waals surface area (Å²) in [7, 11) is 0. The van der Waals surface area contributed by atoms with E-state index in [0.717, 1.165) is 42.5 Å². The summed E-state index contributed by atoms with van der Waals surface area (Å²) in [6, 6.07) is 8.38. The van der Waals surface area contributed by atoms with Crippen LogP contribution in [-0.2, 0) is 4.79 Å². The predicted octanol–water partition coefficient (Wildman–Crippen LogP) is 6.67. The summed E-state index contributed by atoms with van der Waals surface area (Å²) < 4.78 is 22.1. The Hall–Kier alpha value is -3.36. The van der Waals surface area contributed by atoms with Crippen molar-refractivity contribution in [1.29, 1.82) is 0 Å². The van der Waals surface area contributed by atoms with Crippen molar-refractivity contribution < 1.29 is 13.9 Å². The highest BCUT2D eigenvalue weighted by atomic mass is 35.5. The van der Waals surface area contributed by atoms with Crippen molar-refractivity contribution in [3.63, 3.8) is 0 Å². The number of nitrogen functional groups attached to an aromatic ring is 1. The Balaban J connectivity index is 1.24. The lowest BCUT2D eigenvalue weighted by atomic mass is 10.0. The number of halogens is 3. The van der Waals surface area contributed by atoms with Crippen LogP contribution in [0.1, 0.15) is 50.3 Å². The maximum Gasteiger partial charge on any atom is 0.227 e. The van der Waals surface area contributed by atoms with E-state index in [4.69, 9.17) is 33.7 Å². The number of anilines is 1. The molecule has 5 rings (SSSR count). The average Bonchev–Trinajstić information content (AvgIpc) is 3.43. The molecular formula is C29H30Cl2FN5O2. The first kappa shape index (κ1) is 27.2. The number of amides is 1. The molecule has 1 amide bonds. The molecular weight excluding hydrogens is 540 g/mol. The number of rotatable bonds is 7. The Morgan fingerprint density at radius 2 is 2.00 bits per heavy atom. The van der Waals surface area contributed by atoms with Crippen molar-refractivity contribution in [2.24, 2.45) is 4.99 Å². The molecule has 0 aliphatic carbocycles. The van der Waals surface area contributed by atoms with Crippen molar-refractivity contribution in [2.75, 3.05) is 25.4 Å². The highest BCUT2D eigenvalue weighted by molar-refractivity contribution is 6.36. The number of dihydropyridines is 1. The SMILES string of the molecule is CC(Oc1cc(-c2cnn(C3CCN(C(=O)CC4=CCCN=C4)CC3)c2)ccc1N)c1c(Cl)ccc(F)c1Cl. The lowest BCUT2D eigenvalue weighted by molar-refractivity contribution is -0.131. The number of nitrogens with zero attached hydrogens (tertiary/aromatic N) is 4. The zero-order valence-electron chi connectivity index (χ0n) is 21.6. The van der Waals surface area contributed by atoms with Crippen LogP contribution < -0.4 is 10.5 Å². The van der Waals surface area contributed by atoms with Crippen LogP contribution in [0.3, 0.4) is 0 Å². The second-order valence-corrected chi connectivity index (χ2v) is 10.7. The van der Waals surface area contributed by atoms with Gasteiger partial charge in [-0.3, -0.25) is 14.5 Å². The van der Waals surface area contributed by atoms with Crippen LogP contribution in [0.5, 0.6) is 5.75 Å². The van der Waals surface area contributed by atoms with E-state index in [1.54, 1.807) is 13.0 Å². The third-order valence-corrected chi connectivity index (χ3v) is 7.92. The Morgan fingerprint density at radius 1 is 1.21 bits per heavy atom. The zero-order chi connectivity index (χ0) is 27.5. The minimum absolute atomic E-state index is 0.0707. The second-order valence-electron chi connectivity index (χ2n) is 9.87. The summed E-state index contributed by atoms with van der Waals surface area (Å²) in [5, 5.41) is 4.86. The van der Waals surface area contributed by atoms with Gasteiger partial charge in [0.2, 0.25) is 5.91 Å². The number of piperidine rings is 1. The first-order chi connectivity index (χ1) is 18.8. The quantitative estimate of drug-likeness (QED) is 0.254. The zero-order valence-corrected chi connectivity index (χ0v) is 23.1. The summed E-state index contributed by atoms with van der Waals surface area (Å²) in [4.78, 5) is 18.9. The van der Waals surface area contributed by atoms with Crippen LogP contribution >= 0.6 is 23.2 Å². The van der Waals surface area contributed by atoms with Gasteiger partial charge >= 0.3 is 0 Å². The summed E-state index contributed by atoms with van der Waals surface area (Å²) in [6.07, 6.45) is 10.1. The molecule has 2 aliphatic rings. The van der Waals surface area contributed by atoms with E-state index in [2.05, 4.69) is 16.2 Å². The molecule has 0 spiro atoms. The Bertz CT molecular complexity index is 1430. The minimum Gasteiger partial charge on any atom is -0.484 e. The van der Waals surface area contributed by atoms with E-state index in [-0.39, 0.29) is 17.0 Å². The number of hydrogen-bond donors (Lipinski definition) is 1. The highest BCUT2D eigenvalue weighted by Crippen LogP contribution is 2.38. The largest absolute Gasteiger partial charge is 0.484 e. The van der Waals surface area contributed by atoms with Gasteiger partial charge in [-0.1, -0.05) is 35.3 Å². The first-order valence-corrected chi connectivity index (χ1v) is 13.8. The number of carbonyl (C=O) groups excluding carboxylic acids is 1. The number of aromatic nitrogens is 2. The topological polar surface area (TPSA) is 85.7 Å². The molecule has 0 saturated carbocycles. The van der Waals surface area contributed by atoms with Gasteiger partial charge in [0, 0.05) is 48.2 Å². The first-order valence-electron chi connectivity index (χ1n) is 13.0. The molecule has 1 aromatic heterocycles. The maximum absolute atomic E-state index is 14.0. The van der Waals surface area contributed by atoms with Gasteiger partial charge in [-0.05, 0) is 61.6 Å². The Labute approximate surface area is 237 Å². The number of aliphatic imine (C=N–C) groups is 1. The van der Waals surface area contributed by atoms with Crippen LogP contribution in [-0.4, -0.2) is 46.4 Å². The molecule has 0 radical (unpaired) electrons. The monoisotopic (exact) mass is 569 g/mol. The van der Waals surface area contributed by atoms with E-state index >= 15 is 0 Å². The summed E-state index contributed by atoms with van der Waals surface area (Å²) in [5.74, 6) is 0.0275. The van der Waals surface area contributed by atoms with Gasteiger partial charge in [-0.15, -0.1) is 0 Å². The maximum atomic E-state index is 14.0. The molecule has 3 heterocycles. The number of nitrogens with two attached hydrogens (primary N) is 1. The number of carbonyl (C=O) groups is 1. The Kier molecular flexibility index (Phi) is 8.23. The van der Waals surface area contributed by atoms with Gasteiger partial charge in [0.05, 0.1) is 29.4 Å². The lowest BCUT2D eigenvalue weighted by Gasteiger charge is -2.32. The summed E-state index contributed by atoms with van der Waals surface area (Å²) in [6.45, 7) is 3.95. The van der Waals surface area contributed by atoms with Crippen molar-refractivity contribution in [1.82, 2.24) is 14.7 Å². The molecule has 2 N–H and O–H groups in total. The van der Waals surface area contributed by atoms with E-state index in [1.165, 1.54) is 12.1 Å². The van der Waals surface area contributed by atoms with Gasteiger partial charge in [0.25, 0.3) is 0 Å². The van der Waals surface area contributed by atoms with E-state index in [0.29, 0.717) is 41.5 Å². The molecule has 39 heavy (non-hydrogen) atoms. The molecule has 3 aromatic rings. The predicted molar refractivity (Wildman–Crippen MR) is 153 cm³/mol. The van der Waals surface area contributed by atoms with Crippen LogP contribution in [0.15, 0.2) is 59.4 Å². The normalized spacial score (nSPS) is 16.7. The van der Waals surface area contributed by atoms with E-state index in [1.807, 2.05) is 40.3 Å². The van der Waals surface area contributed by atoms with Crippen LogP contribution in [0.4, 0.5) is 10.1 Å². The van der Waals surface area contributed by atoms with Crippen molar-refractivity contribution in [3.05, 3.63) is 75.8 Å². The van der Waals surface area contributed by atoms with Crippen molar-refractivity contribution >= 4 is 41.0 Å². The van der Waals surface area contributed by atoms with Crippen LogP contribution in [0.25, 0.3) is 11.1 Å². The van der Waals surface area contributed by atoms with E-state index in [9.17, 15) is 9.18 Å². The molecule has 1 atom stereocenters. The third kappa shape index (κ3) is 6.12. The van der Waals surface area contributed by atoms with Gasteiger partial charge in [0.15, 0.2) is 0 Å². The van der Waals surface area contributed by atoms with Gasteiger partial charge < -0.3 is 15.4 Å². The second kappa shape index (κ2) is 11.8. The number of benzene rings is 2. The molecule has 2 aliphatic heterocycles. The van der Waals surface area contributed by atoms with Gasteiger partial charge in [-0.25, -0.2) is 4.39 Å². The lowest BCUT2D eigenvalue weighted by Crippen LogP contribution is -2.39. The van der Waals surface area contributed by atoms with Gasteiger partial charge in [0.1, 0.15) is 17.7 Å². The molecule has 1 saturated heterocycles. The van der Waals surface area contributed by atoms with Crippen LogP contribution in [0, 0.1) is 5.82 Å². The molecule has 7 nitrogen and oxygen atoms in total. The molecule has 2 aromatic carbocycles. The summed E-state index contributed by atoms with van der Waals surface area (Å²) in [5.41, 5.74) is 9.79. The van der Waals surface area contributed by atoms with Crippen molar-refractivity contribution in [2.45, 2.75) is 44.8 Å². The molecule has 0 bridgehead atoms. The Morgan fingerprint density at radius 3 is 2.74 bits per heavy atom. The molecule has 1 fully saturated rings. The fraction of sp³-hybridized carbons (Fsp3) is 0.345. The number of ether oxygens (including phenoxy) is 1. The standard InChI is InChI=1S/C29H30Cl2FN5O2/c1-18(28-23(30)5-6-24(32)29(28)31)39-26-14-20(4-7-25(26)33)21-16-35-37(17-21)22-8-11-36(12-9-22)27(38)13-19-3-2-10-34-15-19/h3-7,14-18,22H,2,8-13,33H2,1H3. The van der Waals surface area contributed by atoms with Crippen molar-refractivity contribution in [3.8, 4) is 16.9 Å². The molecule has 204 valence electrons. The van der Waals surface area contributed by atoms with Crippen LogP contribution in [0.2, 0.25) is 10.0 Å². The third-order valence-electron chi connectivity index (χ3n) is 7.21. The molecule has 1 unspecified atom stereocenters. The fourth-order valence-corrected chi connectivity index (χ4v) is 5.69. The average molecular weight is 570 g/mol. The summed E-state index contributed by atoms with van der Waals surface area (Å²) >= 11 is 12.4. The molecule has 10 heteroatoms. The number of likely N-dealkylation sites (tertiary alicyclic amines) is 1. The fourth-order valence-electron chi connectivity index (χ4n) is 5.01. The minimum atomic E-state index is -0.629. The highest BCUT2D eigenvalue weighted by Gasteiger charge is 2.25. The number of hydrogen-bond acceptors (Lipinski definition) is 5. The smallest absolute Gasteiger partial charge is 0.227 e. The van der Waals surface area contributed by atoms with E-state index < -0.39 is 11.9 Å².